The van der Waals surface area contributed by atoms with Crippen LogP contribution in [-0.2, 0) is 11.3 Å². The number of likely N-dealkylation sites (tertiary alicyclic amines) is 1. The van der Waals surface area contributed by atoms with E-state index in [1.807, 2.05) is 0 Å². The summed E-state index contributed by atoms with van der Waals surface area (Å²) in [5, 5.41) is 7.12. The smallest absolute Gasteiger partial charge is 0.0897 e. The highest BCUT2D eigenvalue weighted by molar-refractivity contribution is 7.09. The van der Waals surface area contributed by atoms with Crippen molar-refractivity contribution in [2.75, 3.05) is 26.2 Å². The lowest BCUT2D eigenvalue weighted by atomic mass is 9.96. The molecule has 2 atom stereocenters. The number of hydrogen-bond acceptors (Lipinski definition) is 5. The molecule has 0 spiro atoms. The number of thiazole rings is 1. The van der Waals surface area contributed by atoms with E-state index in [2.05, 4.69) is 34.4 Å². The first-order valence-corrected chi connectivity index (χ1v) is 10.1. The number of piperidine rings is 1. The van der Waals surface area contributed by atoms with Crippen molar-refractivity contribution in [1.82, 2.24) is 15.2 Å². The van der Waals surface area contributed by atoms with Crippen LogP contribution in [0.3, 0.4) is 0 Å². The lowest BCUT2D eigenvalue weighted by Gasteiger charge is -2.32. The Morgan fingerprint density at radius 1 is 1.39 bits per heavy atom. The van der Waals surface area contributed by atoms with Crippen LogP contribution >= 0.6 is 11.3 Å². The normalized spacial score (nSPS) is 25.0. The molecule has 3 rings (SSSR count). The van der Waals surface area contributed by atoms with E-state index in [0.717, 1.165) is 25.6 Å². The van der Waals surface area contributed by atoms with Gasteiger partial charge in [-0.3, -0.25) is 4.90 Å². The molecule has 2 aliphatic rings. The summed E-state index contributed by atoms with van der Waals surface area (Å²) < 4.78 is 5.74. The Hall–Kier alpha value is -0.490. The summed E-state index contributed by atoms with van der Waals surface area (Å²) >= 11 is 1.76. The van der Waals surface area contributed by atoms with E-state index in [9.17, 15) is 0 Å². The Labute approximate surface area is 144 Å². The summed E-state index contributed by atoms with van der Waals surface area (Å²) in [6.45, 7) is 9.98. The van der Waals surface area contributed by atoms with Gasteiger partial charge < -0.3 is 10.1 Å². The van der Waals surface area contributed by atoms with Crippen molar-refractivity contribution in [3.63, 3.8) is 0 Å². The summed E-state index contributed by atoms with van der Waals surface area (Å²) in [5.41, 5.74) is 1.24. The van der Waals surface area contributed by atoms with Crippen LogP contribution in [0, 0.1) is 12.8 Å². The molecule has 130 valence electrons. The molecule has 0 bridgehead atoms. The van der Waals surface area contributed by atoms with E-state index >= 15 is 0 Å². The minimum absolute atomic E-state index is 0.501. The van der Waals surface area contributed by atoms with Gasteiger partial charge in [0.1, 0.15) is 0 Å². The minimum Gasteiger partial charge on any atom is -0.378 e. The highest BCUT2D eigenvalue weighted by Gasteiger charge is 2.22. The van der Waals surface area contributed by atoms with Crippen LogP contribution < -0.4 is 5.32 Å². The molecular weight excluding hydrogens is 306 g/mol. The molecule has 0 unspecified atom stereocenters. The van der Waals surface area contributed by atoms with Crippen LogP contribution in [0.4, 0.5) is 0 Å². The molecule has 1 aromatic rings. The van der Waals surface area contributed by atoms with Gasteiger partial charge in [0.2, 0.25) is 0 Å². The average Bonchev–Trinajstić information content (AvgIpc) is 3.18. The number of nitrogens with one attached hydrogen (secondary N) is 1. The van der Waals surface area contributed by atoms with Crippen molar-refractivity contribution < 1.29 is 4.74 Å². The number of aromatic nitrogens is 1. The SMILES string of the molecule is Cc1nc(CN2CCC(CN[C@H](C)C[C@@H]3CCCO3)CC2)cs1. The fourth-order valence-electron chi connectivity index (χ4n) is 3.73. The van der Waals surface area contributed by atoms with Gasteiger partial charge in [-0.15, -0.1) is 11.3 Å². The highest BCUT2D eigenvalue weighted by Crippen LogP contribution is 2.20. The van der Waals surface area contributed by atoms with E-state index in [4.69, 9.17) is 4.74 Å². The van der Waals surface area contributed by atoms with Crippen molar-refractivity contribution in [3.8, 4) is 0 Å². The van der Waals surface area contributed by atoms with Gasteiger partial charge in [-0.2, -0.15) is 0 Å². The molecule has 1 N–H and O–H groups in total. The summed E-state index contributed by atoms with van der Waals surface area (Å²) in [4.78, 5) is 7.14. The van der Waals surface area contributed by atoms with E-state index in [1.54, 1.807) is 11.3 Å². The van der Waals surface area contributed by atoms with Gasteiger partial charge in [0.25, 0.3) is 0 Å². The van der Waals surface area contributed by atoms with Gasteiger partial charge >= 0.3 is 0 Å². The molecule has 0 aliphatic carbocycles. The molecule has 4 nitrogen and oxygen atoms in total. The Balaban J connectivity index is 1.31. The first-order chi connectivity index (χ1) is 11.2. The number of nitrogens with zero attached hydrogens (tertiary/aromatic N) is 2. The molecule has 0 aromatic carbocycles. The summed E-state index contributed by atoms with van der Waals surface area (Å²) in [5.74, 6) is 0.829. The van der Waals surface area contributed by atoms with E-state index in [0.29, 0.717) is 12.1 Å². The fraction of sp³-hybridized carbons (Fsp3) is 0.833. The first-order valence-electron chi connectivity index (χ1n) is 9.17. The van der Waals surface area contributed by atoms with E-state index in [1.165, 1.54) is 55.9 Å². The Morgan fingerprint density at radius 3 is 2.87 bits per heavy atom. The quantitative estimate of drug-likeness (QED) is 0.829. The number of aryl methyl sites for hydroxylation is 1. The maximum absolute atomic E-state index is 5.74. The van der Waals surface area contributed by atoms with Crippen LogP contribution in [0.5, 0.6) is 0 Å². The summed E-state index contributed by atoms with van der Waals surface area (Å²) in [6, 6.07) is 0.578. The van der Waals surface area contributed by atoms with Crippen molar-refractivity contribution in [1.29, 1.82) is 0 Å². The van der Waals surface area contributed by atoms with Gasteiger partial charge in [-0.05, 0) is 71.5 Å². The van der Waals surface area contributed by atoms with E-state index in [-0.39, 0.29) is 0 Å². The number of ether oxygens (including phenoxy) is 1. The Kier molecular flexibility index (Phi) is 6.45. The second kappa shape index (κ2) is 8.56. The van der Waals surface area contributed by atoms with Gasteiger partial charge in [0.15, 0.2) is 0 Å². The third kappa shape index (κ3) is 5.52. The van der Waals surface area contributed by atoms with Gasteiger partial charge in [0, 0.05) is 24.6 Å². The molecule has 0 saturated carbocycles. The topological polar surface area (TPSA) is 37.4 Å². The van der Waals surface area contributed by atoms with Crippen LogP contribution in [-0.4, -0.2) is 48.3 Å². The van der Waals surface area contributed by atoms with Crippen molar-refractivity contribution in [2.45, 2.75) is 64.6 Å². The monoisotopic (exact) mass is 337 g/mol. The maximum atomic E-state index is 5.74. The Bertz CT molecular complexity index is 465. The second-order valence-corrected chi connectivity index (χ2v) is 8.32. The molecular formula is C18H31N3OS. The number of rotatable bonds is 7. The summed E-state index contributed by atoms with van der Waals surface area (Å²) in [7, 11) is 0. The van der Waals surface area contributed by atoms with Gasteiger partial charge in [-0.1, -0.05) is 0 Å². The predicted octanol–water partition coefficient (Wildman–Crippen LogP) is 3.21. The zero-order chi connectivity index (χ0) is 16.1. The summed E-state index contributed by atoms with van der Waals surface area (Å²) in [6.07, 6.45) is 6.78. The lowest BCUT2D eigenvalue weighted by Crippen LogP contribution is -2.39. The molecule has 2 aliphatic heterocycles. The number of hydrogen-bond donors (Lipinski definition) is 1. The van der Waals surface area contributed by atoms with Crippen molar-refractivity contribution >= 4 is 11.3 Å². The fourth-order valence-corrected chi connectivity index (χ4v) is 4.34. The highest BCUT2D eigenvalue weighted by atomic mass is 32.1. The molecule has 5 heteroatoms. The standard InChI is InChI=1S/C18H31N3OS/c1-14(10-18-4-3-9-22-18)19-11-16-5-7-21(8-6-16)12-17-13-23-15(2)20-17/h13-14,16,18-19H,3-12H2,1-2H3/t14-,18+/m1/s1. The molecule has 23 heavy (non-hydrogen) atoms. The molecule has 0 amide bonds. The van der Waals surface area contributed by atoms with E-state index < -0.39 is 0 Å². The van der Waals surface area contributed by atoms with Crippen LogP contribution in [0.2, 0.25) is 0 Å². The van der Waals surface area contributed by atoms with Crippen molar-refractivity contribution in [2.24, 2.45) is 5.92 Å². The molecule has 2 fully saturated rings. The second-order valence-electron chi connectivity index (χ2n) is 7.26. The van der Waals surface area contributed by atoms with Gasteiger partial charge in [-0.25, -0.2) is 4.98 Å². The molecule has 3 heterocycles. The zero-order valence-electron chi connectivity index (χ0n) is 14.6. The van der Waals surface area contributed by atoms with Crippen molar-refractivity contribution in [3.05, 3.63) is 16.1 Å². The molecule has 2 saturated heterocycles. The minimum atomic E-state index is 0.501. The Morgan fingerprint density at radius 2 is 2.22 bits per heavy atom. The maximum Gasteiger partial charge on any atom is 0.0897 e. The van der Waals surface area contributed by atoms with Crippen LogP contribution in [0.1, 0.15) is 49.7 Å². The van der Waals surface area contributed by atoms with Gasteiger partial charge in [0.05, 0.1) is 16.8 Å². The third-order valence-corrected chi connectivity index (χ3v) is 5.98. The lowest BCUT2D eigenvalue weighted by molar-refractivity contribution is 0.0948. The third-order valence-electron chi connectivity index (χ3n) is 5.15. The first kappa shape index (κ1) is 17.3. The largest absolute Gasteiger partial charge is 0.378 e. The molecule has 0 radical (unpaired) electrons. The van der Waals surface area contributed by atoms with Crippen LogP contribution in [0.15, 0.2) is 5.38 Å². The molecule has 1 aromatic heterocycles. The zero-order valence-corrected chi connectivity index (χ0v) is 15.4. The average molecular weight is 338 g/mol. The predicted molar refractivity (Wildman–Crippen MR) is 95.9 cm³/mol. The van der Waals surface area contributed by atoms with Crippen LogP contribution in [0.25, 0.3) is 0 Å².